The van der Waals surface area contributed by atoms with Crippen molar-refractivity contribution in [2.24, 2.45) is 0 Å². The molecular weight excluding hydrogens is 282 g/mol. The Kier molecular flexibility index (Phi) is 4.21. The maximum atomic E-state index is 6.13. The Hall–Kier alpha value is -1.40. The predicted octanol–water partition coefficient (Wildman–Crippen LogP) is 3.37. The van der Waals surface area contributed by atoms with Gasteiger partial charge in [-0.25, -0.2) is 9.97 Å². The summed E-state index contributed by atoms with van der Waals surface area (Å²) < 4.78 is 0. The van der Waals surface area contributed by atoms with Gasteiger partial charge in [-0.1, -0.05) is 11.6 Å². The zero-order valence-corrected chi connectivity index (χ0v) is 12.6. The molecule has 0 amide bonds. The highest BCUT2D eigenvalue weighted by Crippen LogP contribution is 2.29. The first-order chi connectivity index (χ1) is 9.03. The minimum absolute atomic E-state index is 0.338. The van der Waals surface area contributed by atoms with Gasteiger partial charge in [0.25, 0.3) is 0 Å². The number of hydrogen-bond acceptors (Lipinski definition) is 6. The van der Waals surface area contributed by atoms with Crippen LogP contribution in [-0.4, -0.2) is 21.5 Å². The lowest BCUT2D eigenvalue weighted by molar-refractivity contribution is 0.601. The van der Waals surface area contributed by atoms with Gasteiger partial charge in [-0.05, 0) is 20.8 Å². The van der Waals surface area contributed by atoms with E-state index in [4.69, 9.17) is 11.6 Å². The van der Waals surface area contributed by atoms with E-state index in [2.05, 4.69) is 25.6 Å². The standard InChI is InChI=1S/C12H16ClN5S/c1-4-14-11-16-7-8(13)9(17-11)18-12(2,3)10-15-5-6-19-10/h5-7H,4H2,1-3H3,(H2,14,16,17,18). The summed E-state index contributed by atoms with van der Waals surface area (Å²) in [4.78, 5) is 12.8. The van der Waals surface area contributed by atoms with E-state index in [0.717, 1.165) is 11.6 Å². The highest BCUT2D eigenvalue weighted by Gasteiger charge is 2.24. The van der Waals surface area contributed by atoms with E-state index in [9.17, 15) is 0 Å². The molecule has 0 unspecified atom stereocenters. The molecule has 0 aliphatic heterocycles. The maximum Gasteiger partial charge on any atom is 0.224 e. The molecule has 0 spiro atoms. The number of aromatic nitrogens is 3. The van der Waals surface area contributed by atoms with Gasteiger partial charge in [-0.3, -0.25) is 0 Å². The number of nitrogens with zero attached hydrogens (tertiary/aromatic N) is 3. The van der Waals surface area contributed by atoms with E-state index < -0.39 is 0 Å². The second-order valence-corrected chi connectivity index (χ2v) is 5.81. The summed E-state index contributed by atoms with van der Waals surface area (Å²) >= 11 is 7.73. The molecule has 2 aromatic rings. The van der Waals surface area contributed by atoms with Crippen LogP contribution in [-0.2, 0) is 5.54 Å². The summed E-state index contributed by atoms with van der Waals surface area (Å²) in [6.07, 6.45) is 3.38. The minimum atomic E-state index is -0.338. The van der Waals surface area contributed by atoms with Crippen LogP contribution >= 0.6 is 22.9 Å². The number of rotatable bonds is 5. The van der Waals surface area contributed by atoms with E-state index in [-0.39, 0.29) is 5.54 Å². The summed E-state index contributed by atoms with van der Waals surface area (Å²) in [5, 5.41) is 9.79. The van der Waals surface area contributed by atoms with Gasteiger partial charge < -0.3 is 10.6 Å². The van der Waals surface area contributed by atoms with Gasteiger partial charge in [-0.15, -0.1) is 11.3 Å². The molecule has 0 bridgehead atoms. The molecule has 0 radical (unpaired) electrons. The molecule has 2 aromatic heterocycles. The summed E-state index contributed by atoms with van der Waals surface area (Å²) in [7, 11) is 0. The van der Waals surface area contributed by atoms with E-state index in [0.29, 0.717) is 16.8 Å². The van der Waals surface area contributed by atoms with Crippen LogP contribution in [0.4, 0.5) is 11.8 Å². The molecule has 0 atom stereocenters. The Labute approximate surface area is 121 Å². The lowest BCUT2D eigenvalue weighted by Crippen LogP contribution is -2.28. The van der Waals surface area contributed by atoms with Crippen LogP contribution in [0.2, 0.25) is 5.02 Å². The monoisotopic (exact) mass is 297 g/mol. The van der Waals surface area contributed by atoms with Crippen LogP contribution < -0.4 is 10.6 Å². The van der Waals surface area contributed by atoms with Crippen molar-refractivity contribution in [2.45, 2.75) is 26.3 Å². The fourth-order valence-corrected chi connectivity index (χ4v) is 2.44. The van der Waals surface area contributed by atoms with Crippen molar-refractivity contribution < 1.29 is 0 Å². The van der Waals surface area contributed by atoms with Gasteiger partial charge in [0.05, 0.1) is 11.7 Å². The van der Waals surface area contributed by atoms with Crippen molar-refractivity contribution in [1.82, 2.24) is 15.0 Å². The van der Waals surface area contributed by atoms with Crippen molar-refractivity contribution in [2.75, 3.05) is 17.2 Å². The van der Waals surface area contributed by atoms with Gasteiger partial charge >= 0.3 is 0 Å². The van der Waals surface area contributed by atoms with Crippen molar-refractivity contribution in [3.8, 4) is 0 Å². The predicted molar refractivity (Wildman–Crippen MR) is 80.0 cm³/mol. The van der Waals surface area contributed by atoms with Crippen LogP contribution in [0.5, 0.6) is 0 Å². The third-order valence-electron chi connectivity index (χ3n) is 2.48. The van der Waals surface area contributed by atoms with Gasteiger partial charge in [0.1, 0.15) is 10.0 Å². The summed E-state index contributed by atoms with van der Waals surface area (Å²) in [6.45, 7) is 6.83. The van der Waals surface area contributed by atoms with Gasteiger partial charge in [0.15, 0.2) is 5.82 Å². The van der Waals surface area contributed by atoms with Crippen molar-refractivity contribution in [1.29, 1.82) is 0 Å². The van der Waals surface area contributed by atoms with E-state index in [1.807, 2.05) is 26.2 Å². The molecule has 0 aliphatic rings. The zero-order valence-electron chi connectivity index (χ0n) is 11.1. The summed E-state index contributed by atoms with van der Waals surface area (Å²) in [5.74, 6) is 1.16. The second-order valence-electron chi connectivity index (χ2n) is 4.51. The fraction of sp³-hybridized carbons (Fsp3) is 0.417. The van der Waals surface area contributed by atoms with E-state index in [1.54, 1.807) is 23.7 Å². The first-order valence-corrected chi connectivity index (χ1v) is 7.23. The average molecular weight is 298 g/mol. The molecule has 2 rings (SSSR count). The Balaban J connectivity index is 2.25. The molecule has 102 valence electrons. The van der Waals surface area contributed by atoms with Crippen molar-refractivity contribution in [3.63, 3.8) is 0 Å². The third-order valence-corrected chi connectivity index (χ3v) is 3.85. The Morgan fingerprint density at radius 2 is 2.16 bits per heavy atom. The van der Waals surface area contributed by atoms with E-state index >= 15 is 0 Å². The maximum absolute atomic E-state index is 6.13. The van der Waals surface area contributed by atoms with E-state index in [1.165, 1.54) is 0 Å². The molecule has 0 fully saturated rings. The average Bonchev–Trinajstić information content (AvgIpc) is 2.88. The first kappa shape index (κ1) is 14.0. The topological polar surface area (TPSA) is 62.7 Å². The number of nitrogens with one attached hydrogen (secondary N) is 2. The molecule has 0 aliphatic carbocycles. The molecular formula is C12H16ClN5S. The van der Waals surface area contributed by atoms with Gasteiger partial charge in [-0.2, -0.15) is 4.98 Å². The molecule has 19 heavy (non-hydrogen) atoms. The first-order valence-electron chi connectivity index (χ1n) is 5.97. The smallest absolute Gasteiger partial charge is 0.224 e. The molecule has 0 saturated carbocycles. The number of halogens is 1. The Bertz CT molecular complexity index is 541. The van der Waals surface area contributed by atoms with Crippen LogP contribution in [0, 0.1) is 0 Å². The third kappa shape index (κ3) is 3.33. The van der Waals surface area contributed by atoms with Gasteiger partial charge in [0.2, 0.25) is 5.95 Å². The lowest BCUT2D eigenvalue weighted by Gasteiger charge is -2.25. The van der Waals surface area contributed by atoms with Crippen LogP contribution in [0.25, 0.3) is 0 Å². The number of thiazole rings is 1. The fourth-order valence-electron chi connectivity index (χ4n) is 1.58. The highest BCUT2D eigenvalue weighted by molar-refractivity contribution is 7.09. The van der Waals surface area contributed by atoms with Crippen molar-refractivity contribution in [3.05, 3.63) is 27.8 Å². The minimum Gasteiger partial charge on any atom is -0.357 e. The number of anilines is 2. The Morgan fingerprint density at radius 3 is 2.79 bits per heavy atom. The quantitative estimate of drug-likeness (QED) is 0.886. The molecule has 7 heteroatoms. The Morgan fingerprint density at radius 1 is 1.37 bits per heavy atom. The lowest BCUT2D eigenvalue weighted by atomic mass is 10.1. The molecule has 2 heterocycles. The highest BCUT2D eigenvalue weighted by atomic mass is 35.5. The molecule has 0 saturated heterocycles. The largest absolute Gasteiger partial charge is 0.357 e. The van der Waals surface area contributed by atoms with Crippen LogP contribution in [0.3, 0.4) is 0 Å². The molecule has 2 N–H and O–H groups in total. The zero-order chi connectivity index (χ0) is 13.9. The normalized spacial score (nSPS) is 11.4. The second kappa shape index (κ2) is 5.71. The van der Waals surface area contributed by atoms with Crippen LogP contribution in [0.15, 0.2) is 17.8 Å². The van der Waals surface area contributed by atoms with Crippen molar-refractivity contribution >= 4 is 34.7 Å². The summed E-state index contributed by atoms with van der Waals surface area (Å²) in [6, 6.07) is 0. The molecule has 5 nitrogen and oxygen atoms in total. The van der Waals surface area contributed by atoms with Crippen LogP contribution in [0.1, 0.15) is 25.8 Å². The summed E-state index contributed by atoms with van der Waals surface area (Å²) in [5.41, 5.74) is -0.338. The number of hydrogen-bond donors (Lipinski definition) is 2. The molecule has 0 aromatic carbocycles. The van der Waals surface area contributed by atoms with Gasteiger partial charge in [0, 0.05) is 18.1 Å². The SMILES string of the molecule is CCNc1ncc(Cl)c(NC(C)(C)c2nccs2)n1.